The molecule has 30 heavy (non-hydrogen) atoms. The fraction of sp³-hybridized carbons (Fsp3) is 0.333. The molecule has 0 spiro atoms. The highest BCUT2D eigenvalue weighted by Gasteiger charge is 2.53. The van der Waals surface area contributed by atoms with Gasteiger partial charge in [-0.25, -0.2) is 19.7 Å². The molecule has 0 unspecified atom stereocenters. The van der Waals surface area contributed by atoms with Crippen LogP contribution in [0.1, 0.15) is 13.2 Å². The molecule has 0 radical (unpaired) electrons. The van der Waals surface area contributed by atoms with Gasteiger partial charge in [-0.2, -0.15) is 5.06 Å². The number of anilines is 2. The van der Waals surface area contributed by atoms with Crippen LogP contribution < -0.4 is 10.4 Å². The van der Waals surface area contributed by atoms with E-state index in [4.69, 9.17) is 4.74 Å². The van der Waals surface area contributed by atoms with Crippen molar-refractivity contribution in [1.29, 1.82) is 0 Å². The molecule has 12 nitrogen and oxygen atoms in total. The lowest BCUT2D eigenvalue weighted by Gasteiger charge is -2.27. The summed E-state index contributed by atoms with van der Waals surface area (Å²) >= 11 is 0. The maximum Gasteiger partial charge on any atom is 0.351 e. The van der Waals surface area contributed by atoms with E-state index >= 15 is 0 Å². The van der Waals surface area contributed by atoms with Crippen molar-refractivity contribution in [3.8, 4) is 0 Å². The van der Waals surface area contributed by atoms with E-state index in [2.05, 4.69) is 20.3 Å². The predicted octanol–water partition coefficient (Wildman–Crippen LogP) is 0.256. The van der Waals surface area contributed by atoms with Crippen LogP contribution in [-0.4, -0.2) is 70.5 Å². The number of aliphatic hydroxyl groups is 3. The van der Waals surface area contributed by atoms with Gasteiger partial charge in [0.15, 0.2) is 23.2 Å². The van der Waals surface area contributed by atoms with Crippen molar-refractivity contribution in [2.75, 3.05) is 17.0 Å². The minimum absolute atomic E-state index is 0.0598. The van der Waals surface area contributed by atoms with Gasteiger partial charge in [-0.15, -0.1) is 0 Å². The molecule has 2 amide bonds. The maximum atomic E-state index is 12.4. The van der Waals surface area contributed by atoms with E-state index in [1.54, 1.807) is 30.3 Å². The summed E-state index contributed by atoms with van der Waals surface area (Å²) in [6.45, 7) is 0.863. The molecule has 1 fully saturated rings. The van der Waals surface area contributed by atoms with Crippen molar-refractivity contribution in [3.63, 3.8) is 0 Å². The number of imidazole rings is 1. The molecular weight excluding hydrogens is 396 g/mol. The molecule has 2 aromatic heterocycles. The van der Waals surface area contributed by atoms with Crippen LogP contribution in [0.2, 0.25) is 0 Å². The van der Waals surface area contributed by atoms with Crippen LogP contribution in [0.25, 0.3) is 11.2 Å². The summed E-state index contributed by atoms with van der Waals surface area (Å²) in [6.07, 6.45) is -1.09. The fourth-order valence-electron chi connectivity index (χ4n) is 3.35. The second-order valence-electron chi connectivity index (χ2n) is 7.01. The number of amides is 2. The lowest BCUT2D eigenvalue weighted by molar-refractivity contribution is -0.0950. The van der Waals surface area contributed by atoms with Gasteiger partial charge in [0.1, 0.15) is 24.1 Å². The zero-order chi connectivity index (χ0) is 21.5. The number of hydroxylamine groups is 1. The van der Waals surface area contributed by atoms with Crippen molar-refractivity contribution in [2.45, 2.75) is 31.0 Å². The Kier molecular flexibility index (Phi) is 5.09. The number of urea groups is 1. The van der Waals surface area contributed by atoms with Crippen molar-refractivity contribution >= 4 is 28.7 Å². The van der Waals surface area contributed by atoms with Crippen LogP contribution in [0.3, 0.4) is 0 Å². The molecule has 3 aromatic rings. The van der Waals surface area contributed by atoms with Gasteiger partial charge < -0.3 is 25.4 Å². The van der Waals surface area contributed by atoms with E-state index in [-0.39, 0.29) is 17.0 Å². The first-order valence-electron chi connectivity index (χ1n) is 9.04. The van der Waals surface area contributed by atoms with Gasteiger partial charge >= 0.3 is 6.03 Å². The molecule has 1 aliphatic rings. The molecule has 4 atom stereocenters. The summed E-state index contributed by atoms with van der Waals surface area (Å²) in [5.74, 6) is -0.191. The number of para-hydroxylation sites is 1. The molecule has 12 heteroatoms. The summed E-state index contributed by atoms with van der Waals surface area (Å²) in [4.78, 5) is 24.6. The molecule has 0 aliphatic carbocycles. The molecular formula is C18H20N6O6. The second-order valence-corrected chi connectivity index (χ2v) is 7.01. The third-order valence-electron chi connectivity index (χ3n) is 4.94. The van der Waals surface area contributed by atoms with E-state index < -0.39 is 36.7 Å². The Bertz CT molecular complexity index is 1060. The van der Waals surface area contributed by atoms with Gasteiger partial charge in [0.2, 0.25) is 0 Å². The van der Waals surface area contributed by atoms with Crippen molar-refractivity contribution in [3.05, 3.63) is 43.0 Å². The summed E-state index contributed by atoms with van der Waals surface area (Å²) in [5.41, 5.74) is -1.08. The summed E-state index contributed by atoms with van der Waals surface area (Å²) in [5, 5.41) is 43.5. The molecule has 0 saturated carbocycles. The van der Waals surface area contributed by atoms with Crippen LogP contribution in [-0.2, 0) is 4.74 Å². The van der Waals surface area contributed by atoms with Crippen molar-refractivity contribution in [2.24, 2.45) is 0 Å². The Balaban J connectivity index is 1.66. The number of aliphatic hydroxyl groups excluding tert-OH is 2. The number of nitrogens with zero attached hydrogens (tertiary/aromatic N) is 5. The average molecular weight is 416 g/mol. The first-order valence-corrected chi connectivity index (χ1v) is 9.04. The minimum Gasteiger partial charge on any atom is -0.394 e. The SMILES string of the molecule is C[C@@]1(O)[C@H](O)[C@@H](CO)O[C@H]1n1cnc2c(N(O)C(=O)Nc3ccccc3)ncnc21. The van der Waals surface area contributed by atoms with Gasteiger partial charge in [-0.05, 0) is 19.1 Å². The standard InChI is InChI=1S/C18H20N6O6/c1-18(28)13(26)11(7-25)30-16(18)23-9-21-12-14(23)19-8-20-15(12)24(29)17(27)22-10-5-3-2-4-6-10/h2-6,8-9,11,13,16,25-26,28-29H,7H2,1H3,(H,22,27)/t11-,13-,16-,18-/m1/s1. The number of aromatic nitrogens is 4. The Hall–Kier alpha value is -3.16. The van der Waals surface area contributed by atoms with E-state index in [0.717, 1.165) is 6.33 Å². The van der Waals surface area contributed by atoms with Crippen molar-refractivity contribution in [1.82, 2.24) is 19.5 Å². The second kappa shape index (κ2) is 7.59. The Labute approximate surface area is 170 Å². The number of nitrogens with one attached hydrogen (secondary N) is 1. The van der Waals surface area contributed by atoms with Crippen LogP contribution in [0.4, 0.5) is 16.3 Å². The van der Waals surface area contributed by atoms with Gasteiger partial charge in [0.25, 0.3) is 0 Å². The number of carbonyl (C=O) groups is 1. The Morgan fingerprint density at radius 2 is 2.03 bits per heavy atom. The largest absolute Gasteiger partial charge is 0.394 e. The lowest BCUT2D eigenvalue weighted by Crippen LogP contribution is -2.44. The summed E-state index contributed by atoms with van der Waals surface area (Å²) < 4.78 is 6.91. The molecule has 4 rings (SSSR count). The van der Waals surface area contributed by atoms with E-state index in [0.29, 0.717) is 10.8 Å². The Morgan fingerprint density at radius 3 is 2.70 bits per heavy atom. The fourth-order valence-corrected chi connectivity index (χ4v) is 3.35. The molecule has 158 valence electrons. The predicted molar refractivity (Wildman–Crippen MR) is 103 cm³/mol. The normalized spacial score (nSPS) is 26.1. The van der Waals surface area contributed by atoms with E-state index in [1.807, 2.05) is 0 Å². The van der Waals surface area contributed by atoms with E-state index in [1.165, 1.54) is 17.8 Å². The molecule has 3 heterocycles. The Morgan fingerprint density at radius 1 is 1.30 bits per heavy atom. The molecule has 1 aromatic carbocycles. The topological polar surface area (TPSA) is 166 Å². The number of rotatable bonds is 4. The highest BCUT2D eigenvalue weighted by atomic mass is 16.6. The summed E-state index contributed by atoms with van der Waals surface area (Å²) in [6, 6.07) is 7.67. The zero-order valence-electron chi connectivity index (χ0n) is 15.8. The van der Waals surface area contributed by atoms with E-state index in [9.17, 15) is 25.3 Å². The maximum absolute atomic E-state index is 12.4. The number of fused-ring (bicyclic) bond motifs is 1. The minimum atomic E-state index is -1.75. The third kappa shape index (κ3) is 3.26. The van der Waals surface area contributed by atoms with Crippen LogP contribution in [0.5, 0.6) is 0 Å². The molecule has 0 bridgehead atoms. The van der Waals surface area contributed by atoms with Crippen LogP contribution >= 0.6 is 0 Å². The number of carbonyl (C=O) groups excluding carboxylic acids is 1. The molecule has 5 N–H and O–H groups in total. The molecule has 1 saturated heterocycles. The lowest BCUT2D eigenvalue weighted by atomic mass is 9.96. The number of ether oxygens (including phenoxy) is 1. The van der Waals surface area contributed by atoms with Gasteiger partial charge in [-0.1, -0.05) is 18.2 Å². The number of benzene rings is 1. The smallest absolute Gasteiger partial charge is 0.351 e. The number of hydrogen-bond acceptors (Lipinski definition) is 9. The monoisotopic (exact) mass is 416 g/mol. The van der Waals surface area contributed by atoms with Gasteiger partial charge in [-0.3, -0.25) is 9.77 Å². The average Bonchev–Trinajstić information content (AvgIpc) is 3.26. The summed E-state index contributed by atoms with van der Waals surface area (Å²) in [7, 11) is 0. The van der Waals surface area contributed by atoms with Gasteiger partial charge in [0.05, 0.1) is 12.9 Å². The molecule has 1 aliphatic heterocycles. The number of hydrogen-bond donors (Lipinski definition) is 5. The zero-order valence-corrected chi connectivity index (χ0v) is 15.8. The van der Waals surface area contributed by atoms with Gasteiger partial charge in [0, 0.05) is 5.69 Å². The third-order valence-corrected chi connectivity index (χ3v) is 4.94. The van der Waals surface area contributed by atoms with Crippen molar-refractivity contribution < 1.29 is 30.1 Å². The highest BCUT2D eigenvalue weighted by Crippen LogP contribution is 2.39. The van der Waals surface area contributed by atoms with Crippen LogP contribution in [0, 0.1) is 0 Å². The quantitative estimate of drug-likeness (QED) is 0.296. The first-order chi connectivity index (χ1) is 14.3. The van der Waals surface area contributed by atoms with Crippen LogP contribution in [0.15, 0.2) is 43.0 Å². The highest BCUT2D eigenvalue weighted by molar-refractivity contribution is 6.03. The first kappa shape index (κ1) is 20.1.